The molecular weight excluding hydrogens is 248 g/mol. The number of hydrogen-bond donors (Lipinski definition) is 1. The Hall–Kier alpha value is -0.870. The zero-order valence-corrected chi connectivity index (χ0v) is 11.3. The lowest BCUT2D eigenvalue weighted by Crippen LogP contribution is -2.19. The molecule has 1 heterocycles. The summed E-state index contributed by atoms with van der Waals surface area (Å²) in [5.41, 5.74) is 1.93. The van der Waals surface area contributed by atoms with Gasteiger partial charge in [-0.25, -0.2) is 8.42 Å². The van der Waals surface area contributed by atoms with Gasteiger partial charge in [0.2, 0.25) is 0 Å². The van der Waals surface area contributed by atoms with E-state index in [-0.39, 0.29) is 17.8 Å². The summed E-state index contributed by atoms with van der Waals surface area (Å²) >= 11 is 0. The van der Waals surface area contributed by atoms with Gasteiger partial charge in [0.05, 0.1) is 17.3 Å². The van der Waals surface area contributed by atoms with Gasteiger partial charge in [0.1, 0.15) is 0 Å². The molecule has 2 aliphatic rings. The van der Waals surface area contributed by atoms with E-state index in [0.29, 0.717) is 17.2 Å². The van der Waals surface area contributed by atoms with Crippen molar-refractivity contribution in [3.8, 4) is 0 Å². The molecule has 1 aliphatic carbocycles. The van der Waals surface area contributed by atoms with Crippen LogP contribution in [0.3, 0.4) is 0 Å². The molecule has 0 amide bonds. The highest BCUT2D eigenvalue weighted by Crippen LogP contribution is 2.54. The van der Waals surface area contributed by atoms with Crippen LogP contribution in [0, 0.1) is 5.92 Å². The maximum absolute atomic E-state index is 11.9. The topological polar surface area (TPSA) is 54.4 Å². The number of rotatable bonds is 2. The third-order valence-electron chi connectivity index (χ3n) is 4.57. The van der Waals surface area contributed by atoms with Gasteiger partial charge in [-0.05, 0) is 42.4 Å². The molecule has 98 valence electrons. The first-order valence-corrected chi connectivity index (χ1v) is 8.12. The minimum Gasteiger partial charge on any atom is -0.395 e. The van der Waals surface area contributed by atoms with E-state index in [9.17, 15) is 13.5 Å². The fourth-order valence-electron chi connectivity index (χ4n) is 3.15. The fraction of sp³-hybridized carbons (Fsp3) is 0.571. The highest BCUT2D eigenvalue weighted by atomic mass is 32.2. The largest absolute Gasteiger partial charge is 0.395 e. The number of hydrogen-bond acceptors (Lipinski definition) is 3. The normalized spacial score (nSPS) is 32.9. The quantitative estimate of drug-likeness (QED) is 0.886. The van der Waals surface area contributed by atoms with Crippen LogP contribution in [0.5, 0.6) is 0 Å². The summed E-state index contributed by atoms with van der Waals surface area (Å²) in [5, 5.41) is 9.57. The molecule has 1 aliphatic heterocycles. The molecule has 0 aromatic heterocycles. The first-order valence-electron chi connectivity index (χ1n) is 6.47. The number of aliphatic hydroxyl groups is 1. The van der Waals surface area contributed by atoms with Gasteiger partial charge < -0.3 is 5.11 Å². The smallest absolute Gasteiger partial charge is 0.178 e. The molecule has 4 heteroatoms. The molecule has 1 aromatic carbocycles. The molecule has 1 N–H and O–H groups in total. The van der Waals surface area contributed by atoms with Crippen molar-refractivity contribution in [3.05, 3.63) is 29.3 Å². The lowest BCUT2D eigenvalue weighted by atomic mass is 9.92. The third-order valence-corrected chi connectivity index (χ3v) is 6.46. The van der Waals surface area contributed by atoms with Crippen LogP contribution in [-0.2, 0) is 21.7 Å². The molecule has 1 aromatic rings. The van der Waals surface area contributed by atoms with Gasteiger partial charge in [0, 0.05) is 5.41 Å². The number of aliphatic hydroxyl groups excluding tert-OH is 1. The Bertz CT molecular complexity index is 587. The first-order chi connectivity index (χ1) is 8.49. The van der Waals surface area contributed by atoms with Crippen molar-refractivity contribution in [1.29, 1.82) is 0 Å². The second-order valence-electron chi connectivity index (χ2n) is 5.66. The van der Waals surface area contributed by atoms with Crippen molar-refractivity contribution in [2.75, 3.05) is 12.4 Å². The zero-order valence-electron chi connectivity index (χ0n) is 10.5. The Morgan fingerprint density at radius 3 is 2.78 bits per heavy atom. The van der Waals surface area contributed by atoms with E-state index >= 15 is 0 Å². The molecular formula is C14H18O3S. The maximum Gasteiger partial charge on any atom is 0.178 e. The van der Waals surface area contributed by atoms with Gasteiger partial charge in [-0.3, -0.25) is 0 Å². The van der Waals surface area contributed by atoms with Crippen LogP contribution in [0.4, 0.5) is 0 Å². The minimum absolute atomic E-state index is 0.115. The molecule has 0 bridgehead atoms. The molecule has 0 radical (unpaired) electrons. The van der Waals surface area contributed by atoms with Crippen molar-refractivity contribution in [2.45, 2.75) is 36.5 Å². The van der Waals surface area contributed by atoms with Crippen molar-refractivity contribution < 1.29 is 13.5 Å². The van der Waals surface area contributed by atoms with Crippen molar-refractivity contribution in [1.82, 2.24) is 0 Å². The fourth-order valence-corrected chi connectivity index (χ4v) is 4.73. The predicted octanol–water partition coefficient (Wildman–Crippen LogP) is 1.68. The average Bonchev–Trinajstić information content (AvgIpc) is 3.01. The van der Waals surface area contributed by atoms with Crippen LogP contribution < -0.4 is 0 Å². The first kappa shape index (κ1) is 12.2. The Kier molecular flexibility index (Phi) is 2.58. The molecule has 0 saturated heterocycles. The molecule has 18 heavy (non-hydrogen) atoms. The summed E-state index contributed by atoms with van der Waals surface area (Å²) in [6, 6.07) is 5.63. The maximum atomic E-state index is 11.9. The Morgan fingerprint density at radius 2 is 2.17 bits per heavy atom. The van der Waals surface area contributed by atoms with Gasteiger partial charge in [-0.1, -0.05) is 19.1 Å². The number of benzene rings is 1. The lowest BCUT2D eigenvalue weighted by Gasteiger charge is -2.20. The highest BCUT2D eigenvalue weighted by Gasteiger charge is 2.52. The lowest BCUT2D eigenvalue weighted by molar-refractivity contribution is 0.247. The summed E-state index contributed by atoms with van der Waals surface area (Å²) < 4.78 is 23.9. The summed E-state index contributed by atoms with van der Waals surface area (Å²) in [6.07, 6.45) is 2.54. The average molecular weight is 266 g/mol. The molecule has 1 saturated carbocycles. The Balaban J connectivity index is 2.08. The second-order valence-corrected chi connectivity index (χ2v) is 7.74. The van der Waals surface area contributed by atoms with Crippen molar-refractivity contribution >= 4 is 9.84 Å². The molecule has 2 unspecified atom stereocenters. The van der Waals surface area contributed by atoms with Gasteiger partial charge >= 0.3 is 0 Å². The van der Waals surface area contributed by atoms with E-state index in [1.54, 1.807) is 6.07 Å². The van der Waals surface area contributed by atoms with E-state index in [0.717, 1.165) is 24.0 Å². The molecule has 3 rings (SSSR count). The third kappa shape index (κ3) is 1.62. The van der Waals surface area contributed by atoms with Crippen LogP contribution in [0.15, 0.2) is 23.1 Å². The highest BCUT2D eigenvalue weighted by molar-refractivity contribution is 7.91. The molecule has 2 atom stereocenters. The molecule has 1 fully saturated rings. The van der Waals surface area contributed by atoms with Crippen LogP contribution >= 0.6 is 0 Å². The summed E-state index contributed by atoms with van der Waals surface area (Å²) in [4.78, 5) is 0.499. The minimum atomic E-state index is -3.07. The van der Waals surface area contributed by atoms with Gasteiger partial charge in [0.25, 0.3) is 0 Å². The summed E-state index contributed by atoms with van der Waals surface area (Å²) in [5.74, 6) is 0.752. The van der Waals surface area contributed by atoms with Crippen LogP contribution in [-0.4, -0.2) is 25.9 Å². The van der Waals surface area contributed by atoms with Crippen LogP contribution in [0.2, 0.25) is 0 Å². The summed E-state index contributed by atoms with van der Waals surface area (Å²) in [7, 11) is -3.07. The molecule has 3 nitrogen and oxygen atoms in total. The van der Waals surface area contributed by atoms with E-state index in [4.69, 9.17) is 0 Å². The standard InChI is InChI=1S/C14H18O3S/c1-10-8-14(10,9-15)12-4-5-13-11(7-12)3-2-6-18(13,16)17/h4-5,7,10,15H,2-3,6,8-9H2,1H3. The predicted molar refractivity (Wildman–Crippen MR) is 69.4 cm³/mol. The Labute approximate surface area is 108 Å². The van der Waals surface area contributed by atoms with Gasteiger partial charge in [-0.15, -0.1) is 0 Å². The van der Waals surface area contributed by atoms with Gasteiger partial charge in [-0.2, -0.15) is 0 Å². The second kappa shape index (κ2) is 3.81. The molecule has 0 spiro atoms. The SMILES string of the molecule is CC1CC1(CO)c1ccc2c(c1)CCCS2(=O)=O. The monoisotopic (exact) mass is 266 g/mol. The zero-order chi connectivity index (χ0) is 13.0. The van der Waals surface area contributed by atoms with Crippen LogP contribution in [0.1, 0.15) is 30.9 Å². The van der Waals surface area contributed by atoms with E-state index < -0.39 is 9.84 Å². The van der Waals surface area contributed by atoms with Crippen LogP contribution in [0.25, 0.3) is 0 Å². The number of fused-ring (bicyclic) bond motifs is 1. The number of sulfone groups is 1. The Morgan fingerprint density at radius 1 is 1.44 bits per heavy atom. The summed E-state index contributed by atoms with van der Waals surface area (Å²) in [6.45, 7) is 2.28. The van der Waals surface area contributed by atoms with E-state index in [2.05, 4.69) is 6.92 Å². The van der Waals surface area contributed by atoms with E-state index in [1.807, 2.05) is 12.1 Å². The van der Waals surface area contributed by atoms with Crippen molar-refractivity contribution in [3.63, 3.8) is 0 Å². The number of aryl methyl sites for hydroxylation is 1. The van der Waals surface area contributed by atoms with Gasteiger partial charge in [0.15, 0.2) is 9.84 Å². The van der Waals surface area contributed by atoms with E-state index in [1.165, 1.54) is 0 Å². The van der Waals surface area contributed by atoms with Crippen molar-refractivity contribution in [2.24, 2.45) is 5.92 Å².